The van der Waals surface area contributed by atoms with Crippen LogP contribution in [0.4, 0.5) is 4.39 Å². The van der Waals surface area contributed by atoms with Gasteiger partial charge in [-0.15, -0.1) is 0 Å². The van der Waals surface area contributed by atoms with Gasteiger partial charge in [-0.2, -0.15) is 0 Å². The predicted octanol–water partition coefficient (Wildman–Crippen LogP) is 5.20. The molecule has 0 saturated heterocycles. The van der Waals surface area contributed by atoms with E-state index in [0.29, 0.717) is 4.83 Å². The van der Waals surface area contributed by atoms with E-state index in [-0.39, 0.29) is 5.82 Å². The number of hydrogen-bond acceptors (Lipinski definition) is 0. The highest BCUT2D eigenvalue weighted by Crippen LogP contribution is 2.58. The summed E-state index contributed by atoms with van der Waals surface area (Å²) in [6.07, 6.45) is 8.11. The lowest BCUT2D eigenvalue weighted by Gasteiger charge is -2.55. The van der Waals surface area contributed by atoms with Crippen LogP contribution in [0.25, 0.3) is 0 Å². The summed E-state index contributed by atoms with van der Waals surface area (Å²) >= 11 is 3.93. The fraction of sp³-hybridized carbons (Fsp3) is 0.667. The molecule has 1 aromatic rings. The third-order valence-corrected chi connectivity index (χ3v) is 7.02. The molecular weight excluding hydrogens is 315 g/mol. The van der Waals surface area contributed by atoms with Crippen LogP contribution in [0.1, 0.15) is 37.7 Å². The molecule has 0 spiro atoms. The molecule has 0 radical (unpaired) electrons. The molecule has 0 amide bonds. The monoisotopic (exact) mass is 336 g/mol. The van der Waals surface area contributed by atoms with Gasteiger partial charge in [-0.25, -0.2) is 4.39 Å². The molecule has 108 valence electrons. The SMILES string of the molecule is Fc1ccccc1CC(Br)C1C2CC3CC(C2)CC1C3. The molecule has 5 rings (SSSR count). The van der Waals surface area contributed by atoms with Crippen molar-refractivity contribution in [2.45, 2.75) is 43.4 Å². The zero-order valence-corrected chi connectivity index (χ0v) is 13.4. The van der Waals surface area contributed by atoms with Gasteiger partial charge in [0.1, 0.15) is 5.82 Å². The van der Waals surface area contributed by atoms with Crippen LogP contribution >= 0.6 is 15.9 Å². The van der Waals surface area contributed by atoms with E-state index in [1.54, 1.807) is 12.1 Å². The van der Waals surface area contributed by atoms with Crippen molar-refractivity contribution in [1.82, 2.24) is 0 Å². The summed E-state index contributed by atoms with van der Waals surface area (Å²) < 4.78 is 13.9. The molecule has 0 N–H and O–H groups in total. The molecule has 1 atom stereocenters. The van der Waals surface area contributed by atoms with Gasteiger partial charge in [0.05, 0.1) is 0 Å². The van der Waals surface area contributed by atoms with Gasteiger partial charge in [0.2, 0.25) is 0 Å². The number of hydrogen-bond donors (Lipinski definition) is 0. The van der Waals surface area contributed by atoms with E-state index in [9.17, 15) is 4.39 Å². The first-order chi connectivity index (χ1) is 9.70. The van der Waals surface area contributed by atoms with Gasteiger partial charge < -0.3 is 0 Å². The molecule has 2 heteroatoms. The van der Waals surface area contributed by atoms with Crippen molar-refractivity contribution in [2.75, 3.05) is 0 Å². The maximum absolute atomic E-state index is 13.9. The average molecular weight is 337 g/mol. The maximum atomic E-state index is 13.9. The van der Waals surface area contributed by atoms with Crippen LogP contribution in [0.3, 0.4) is 0 Å². The number of alkyl halides is 1. The predicted molar refractivity (Wildman–Crippen MR) is 83.4 cm³/mol. The summed E-state index contributed by atoms with van der Waals surface area (Å²) in [6.45, 7) is 0. The largest absolute Gasteiger partial charge is 0.207 e. The van der Waals surface area contributed by atoms with Crippen LogP contribution in [0.15, 0.2) is 24.3 Å². The molecule has 20 heavy (non-hydrogen) atoms. The summed E-state index contributed by atoms with van der Waals surface area (Å²) in [4.78, 5) is 0.453. The summed E-state index contributed by atoms with van der Waals surface area (Å²) in [6, 6.07) is 7.27. The number of rotatable bonds is 3. The Labute approximate surface area is 129 Å². The Morgan fingerprint density at radius 2 is 1.60 bits per heavy atom. The van der Waals surface area contributed by atoms with Crippen molar-refractivity contribution >= 4 is 15.9 Å². The van der Waals surface area contributed by atoms with Gasteiger partial charge in [0.25, 0.3) is 0 Å². The van der Waals surface area contributed by atoms with Crippen molar-refractivity contribution in [3.05, 3.63) is 35.6 Å². The molecule has 0 heterocycles. The van der Waals surface area contributed by atoms with Crippen molar-refractivity contribution < 1.29 is 4.39 Å². The topological polar surface area (TPSA) is 0 Å². The van der Waals surface area contributed by atoms with Crippen LogP contribution in [-0.2, 0) is 6.42 Å². The lowest BCUT2D eigenvalue weighted by atomic mass is 9.51. The van der Waals surface area contributed by atoms with Crippen molar-refractivity contribution in [3.63, 3.8) is 0 Å². The minimum Gasteiger partial charge on any atom is -0.207 e. The maximum Gasteiger partial charge on any atom is 0.126 e. The minimum atomic E-state index is -0.0410. The van der Waals surface area contributed by atoms with E-state index in [2.05, 4.69) is 15.9 Å². The van der Waals surface area contributed by atoms with Crippen LogP contribution in [-0.4, -0.2) is 4.83 Å². The quantitative estimate of drug-likeness (QED) is 0.665. The molecule has 4 aliphatic carbocycles. The molecular formula is C18H22BrF. The number of halogens is 2. The normalized spacial score (nSPS) is 40.0. The molecule has 4 aliphatic rings. The van der Waals surface area contributed by atoms with Gasteiger partial charge >= 0.3 is 0 Å². The van der Waals surface area contributed by atoms with E-state index in [4.69, 9.17) is 0 Å². The summed E-state index contributed by atoms with van der Waals surface area (Å²) in [7, 11) is 0. The minimum absolute atomic E-state index is 0.0410. The highest BCUT2D eigenvalue weighted by atomic mass is 79.9. The highest BCUT2D eigenvalue weighted by molar-refractivity contribution is 9.09. The molecule has 4 bridgehead atoms. The summed E-state index contributed by atoms with van der Waals surface area (Å²) in [5.41, 5.74) is 0.878. The zero-order chi connectivity index (χ0) is 13.7. The smallest absolute Gasteiger partial charge is 0.126 e. The van der Waals surface area contributed by atoms with Crippen LogP contribution in [0, 0.1) is 35.4 Å². The molecule has 0 aliphatic heterocycles. The molecule has 1 aromatic carbocycles. The van der Waals surface area contributed by atoms with Gasteiger partial charge in [0.15, 0.2) is 0 Å². The second-order valence-corrected chi connectivity index (χ2v) is 8.50. The third kappa shape index (κ3) is 2.24. The fourth-order valence-electron chi connectivity index (χ4n) is 5.57. The van der Waals surface area contributed by atoms with E-state index in [1.165, 1.54) is 32.1 Å². The number of benzene rings is 1. The Bertz CT molecular complexity index is 470. The standard InChI is InChI=1S/C18H22BrF/c19-16(10-13-3-1-2-4-17(13)20)18-14-6-11-5-12(8-14)9-15(18)7-11/h1-4,11-12,14-16,18H,5-10H2. The van der Waals surface area contributed by atoms with Crippen LogP contribution < -0.4 is 0 Å². The van der Waals surface area contributed by atoms with Crippen molar-refractivity contribution in [1.29, 1.82) is 0 Å². The first-order valence-electron chi connectivity index (χ1n) is 8.08. The summed E-state index contributed by atoms with van der Waals surface area (Å²) in [5.74, 6) is 4.58. The Balaban J connectivity index is 1.51. The van der Waals surface area contributed by atoms with E-state index in [0.717, 1.165) is 41.6 Å². The molecule has 1 unspecified atom stereocenters. The van der Waals surface area contributed by atoms with Gasteiger partial charge in [-0.1, -0.05) is 34.1 Å². The molecule has 4 fully saturated rings. The average Bonchev–Trinajstić information content (AvgIpc) is 2.40. The van der Waals surface area contributed by atoms with Gasteiger partial charge in [0, 0.05) is 4.83 Å². The summed E-state index contributed by atoms with van der Waals surface area (Å²) in [5, 5.41) is 0. The second-order valence-electron chi connectivity index (χ2n) is 7.32. The molecule has 0 aromatic heterocycles. The van der Waals surface area contributed by atoms with Gasteiger partial charge in [-0.05, 0) is 79.7 Å². The molecule has 4 saturated carbocycles. The highest BCUT2D eigenvalue weighted by Gasteiger charge is 2.49. The van der Waals surface area contributed by atoms with E-state index >= 15 is 0 Å². The Kier molecular flexibility index (Phi) is 3.41. The first kappa shape index (κ1) is 13.3. The van der Waals surface area contributed by atoms with Gasteiger partial charge in [-0.3, -0.25) is 0 Å². The van der Waals surface area contributed by atoms with Crippen LogP contribution in [0.2, 0.25) is 0 Å². The lowest BCUT2D eigenvalue weighted by molar-refractivity contribution is -0.0360. The van der Waals surface area contributed by atoms with E-state index in [1.807, 2.05) is 12.1 Å². The van der Waals surface area contributed by atoms with Crippen LogP contribution in [0.5, 0.6) is 0 Å². The first-order valence-corrected chi connectivity index (χ1v) is 8.99. The fourth-order valence-corrected chi connectivity index (χ4v) is 6.78. The third-order valence-electron chi connectivity index (χ3n) is 6.09. The Hall–Kier alpha value is -0.370. The van der Waals surface area contributed by atoms with Crippen molar-refractivity contribution in [2.24, 2.45) is 29.6 Å². The Morgan fingerprint density at radius 3 is 2.20 bits per heavy atom. The molecule has 0 nitrogen and oxygen atoms in total. The Morgan fingerprint density at radius 1 is 1.00 bits per heavy atom. The zero-order valence-electron chi connectivity index (χ0n) is 11.8. The van der Waals surface area contributed by atoms with Crippen molar-refractivity contribution in [3.8, 4) is 0 Å². The second kappa shape index (κ2) is 5.12. The lowest BCUT2D eigenvalue weighted by Crippen LogP contribution is -2.48. The van der Waals surface area contributed by atoms with E-state index < -0.39 is 0 Å².